The number of benzene rings is 2. The highest BCUT2D eigenvalue weighted by atomic mass is 16.5. The molecule has 2 aromatic carbocycles. The second-order valence-electron chi connectivity index (χ2n) is 9.23. The molecule has 4 aromatic rings. The summed E-state index contributed by atoms with van der Waals surface area (Å²) in [6.45, 7) is 6.20. The third-order valence-electron chi connectivity index (χ3n) is 6.35. The van der Waals surface area contributed by atoms with Crippen molar-refractivity contribution in [1.82, 2.24) is 20.1 Å². The van der Waals surface area contributed by atoms with Gasteiger partial charge in [-0.2, -0.15) is 5.10 Å². The number of rotatable bonds is 7. The number of hydrogen-bond donors (Lipinski definition) is 1. The molecule has 6 nitrogen and oxygen atoms in total. The van der Waals surface area contributed by atoms with Gasteiger partial charge in [0.05, 0.1) is 12.6 Å². The lowest BCUT2D eigenvalue weighted by Gasteiger charge is -2.23. The SMILES string of the molecule is CC(C)n1cc(-c2ccc3cnc(CC(=O)c4ccc(OC5CCNCC5)cc4)cc3c2)cn1. The predicted molar refractivity (Wildman–Crippen MR) is 134 cm³/mol. The van der Waals surface area contributed by atoms with E-state index in [1.165, 1.54) is 0 Å². The monoisotopic (exact) mass is 454 g/mol. The standard InChI is InChI=1S/C28H30N4O2/c1-19(2)32-18-24(17-31-32)21-3-4-22-16-30-25(14-23(22)13-21)15-28(33)20-5-7-26(8-6-20)34-27-9-11-29-12-10-27/h3-8,13-14,16-19,27,29H,9-12,15H2,1-2H3. The van der Waals surface area contributed by atoms with Crippen molar-refractivity contribution < 1.29 is 9.53 Å². The highest BCUT2D eigenvalue weighted by Crippen LogP contribution is 2.25. The number of piperidine rings is 1. The van der Waals surface area contributed by atoms with E-state index in [0.717, 1.165) is 59.3 Å². The van der Waals surface area contributed by atoms with Crippen LogP contribution in [0.3, 0.4) is 0 Å². The lowest BCUT2D eigenvalue weighted by molar-refractivity contribution is 0.0992. The molecule has 174 valence electrons. The Morgan fingerprint density at radius 3 is 2.56 bits per heavy atom. The van der Waals surface area contributed by atoms with Gasteiger partial charge in [0.15, 0.2) is 5.78 Å². The van der Waals surface area contributed by atoms with Crippen LogP contribution in [0, 0.1) is 0 Å². The molecule has 0 atom stereocenters. The van der Waals surface area contributed by atoms with E-state index in [-0.39, 0.29) is 18.3 Å². The van der Waals surface area contributed by atoms with Crippen LogP contribution in [0.2, 0.25) is 0 Å². The van der Waals surface area contributed by atoms with Gasteiger partial charge < -0.3 is 10.1 Å². The summed E-state index contributed by atoms with van der Waals surface area (Å²) in [5, 5.41) is 9.91. The molecule has 1 aliphatic heterocycles. The lowest BCUT2D eigenvalue weighted by Crippen LogP contribution is -2.34. The first-order valence-electron chi connectivity index (χ1n) is 12.0. The van der Waals surface area contributed by atoms with Gasteiger partial charge in [-0.3, -0.25) is 14.5 Å². The largest absolute Gasteiger partial charge is 0.490 e. The molecule has 0 radical (unpaired) electrons. The van der Waals surface area contributed by atoms with E-state index in [1.807, 2.05) is 47.4 Å². The minimum Gasteiger partial charge on any atom is -0.490 e. The van der Waals surface area contributed by atoms with Crippen molar-refractivity contribution in [3.8, 4) is 16.9 Å². The molecule has 3 heterocycles. The Balaban J connectivity index is 1.29. The van der Waals surface area contributed by atoms with Crippen molar-refractivity contribution in [2.45, 2.75) is 45.3 Å². The Morgan fingerprint density at radius 1 is 1.03 bits per heavy atom. The average Bonchev–Trinajstić information content (AvgIpc) is 3.36. The van der Waals surface area contributed by atoms with E-state index < -0.39 is 0 Å². The quantitative estimate of drug-likeness (QED) is 0.387. The van der Waals surface area contributed by atoms with Crippen LogP contribution in [-0.2, 0) is 6.42 Å². The molecule has 6 heteroatoms. The number of fused-ring (bicyclic) bond motifs is 1. The fourth-order valence-electron chi connectivity index (χ4n) is 4.32. The Hall–Kier alpha value is -3.51. The molecule has 0 unspecified atom stereocenters. The van der Waals surface area contributed by atoms with Gasteiger partial charge >= 0.3 is 0 Å². The van der Waals surface area contributed by atoms with E-state index in [9.17, 15) is 4.79 Å². The zero-order valence-corrected chi connectivity index (χ0v) is 19.7. The van der Waals surface area contributed by atoms with Gasteiger partial charge in [0.25, 0.3) is 0 Å². The third-order valence-corrected chi connectivity index (χ3v) is 6.35. The van der Waals surface area contributed by atoms with Crippen LogP contribution in [0.1, 0.15) is 48.8 Å². The van der Waals surface area contributed by atoms with Crippen molar-refractivity contribution in [3.63, 3.8) is 0 Å². The summed E-state index contributed by atoms with van der Waals surface area (Å²) < 4.78 is 8.01. The molecule has 1 N–H and O–H groups in total. The first-order chi connectivity index (χ1) is 16.5. The summed E-state index contributed by atoms with van der Waals surface area (Å²) in [4.78, 5) is 17.4. The fourth-order valence-corrected chi connectivity index (χ4v) is 4.32. The predicted octanol–water partition coefficient (Wildman–Crippen LogP) is 5.24. The maximum Gasteiger partial charge on any atom is 0.168 e. The van der Waals surface area contributed by atoms with Crippen molar-refractivity contribution in [3.05, 3.63) is 78.4 Å². The number of nitrogens with zero attached hydrogens (tertiary/aromatic N) is 3. The van der Waals surface area contributed by atoms with E-state index in [0.29, 0.717) is 11.6 Å². The van der Waals surface area contributed by atoms with Gasteiger partial charge in [0.1, 0.15) is 11.9 Å². The third kappa shape index (κ3) is 5.02. The number of pyridine rings is 1. The maximum absolute atomic E-state index is 12.9. The van der Waals surface area contributed by atoms with Crippen LogP contribution in [0.25, 0.3) is 21.9 Å². The fraction of sp³-hybridized carbons (Fsp3) is 0.321. The molecule has 0 spiro atoms. The van der Waals surface area contributed by atoms with Gasteiger partial charge in [-0.1, -0.05) is 12.1 Å². The molecule has 1 aliphatic rings. The summed E-state index contributed by atoms with van der Waals surface area (Å²) in [5.74, 6) is 0.871. The van der Waals surface area contributed by atoms with Gasteiger partial charge in [-0.25, -0.2) is 0 Å². The average molecular weight is 455 g/mol. The highest BCUT2D eigenvalue weighted by molar-refractivity contribution is 5.98. The molecular weight excluding hydrogens is 424 g/mol. The van der Waals surface area contributed by atoms with Crippen molar-refractivity contribution >= 4 is 16.6 Å². The molecule has 0 saturated carbocycles. The zero-order chi connectivity index (χ0) is 23.5. The van der Waals surface area contributed by atoms with Gasteiger partial charge in [-0.15, -0.1) is 0 Å². The molecule has 1 saturated heterocycles. The minimum atomic E-state index is 0.0506. The minimum absolute atomic E-state index is 0.0506. The number of aromatic nitrogens is 3. The Bertz CT molecular complexity index is 1290. The van der Waals surface area contributed by atoms with Gasteiger partial charge in [0, 0.05) is 40.6 Å². The Kier molecular flexibility index (Phi) is 6.41. The van der Waals surface area contributed by atoms with E-state index >= 15 is 0 Å². The van der Waals surface area contributed by atoms with Crippen LogP contribution in [0.5, 0.6) is 5.75 Å². The Morgan fingerprint density at radius 2 is 1.82 bits per heavy atom. The molecular formula is C28H30N4O2. The number of ether oxygens (including phenoxy) is 1. The summed E-state index contributed by atoms with van der Waals surface area (Å²) in [6.07, 6.45) is 8.33. The van der Waals surface area contributed by atoms with Crippen molar-refractivity contribution in [2.24, 2.45) is 0 Å². The van der Waals surface area contributed by atoms with E-state index in [2.05, 4.69) is 53.6 Å². The Labute approximate surface area is 200 Å². The van der Waals surface area contributed by atoms with Crippen LogP contribution in [0.4, 0.5) is 0 Å². The van der Waals surface area contributed by atoms with Crippen molar-refractivity contribution in [1.29, 1.82) is 0 Å². The van der Waals surface area contributed by atoms with Crippen molar-refractivity contribution in [2.75, 3.05) is 13.1 Å². The maximum atomic E-state index is 12.9. The van der Waals surface area contributed by atoms with Gasteiger partial charge in [-0.05, 0) is 87.1 Å². The highest BCUT2D eigenvalue weighted by Gasteiger charge is 2.15. The number of nitrogens with one attached hydrogen (secondary N) is 1. The van der Waals surface area contributed by atoms with Gasteiger partial charge in [0.2, 0.25) is 0 Å². The smallest absolute Gasteiger partial charge is 0.168 e. The number of Topliss-reactive ketones (excluding diaryl/α,β-unsaturated/α-hetero) is 1. The summed E-state index contributed by atoms with van der Waals surface area (Å²) in [7, 11) is 0. The number of hydrogen-bond acceptors (Lipinski definition) is 5. The van der Waals surface area contributed by atoms with E-state index in [1.54, 1.807) is 0 Å². The summed E-state index contributed by atoms with van der Waals surface area (Å²) >= 11 is 0. The number of ketones is 1. The second kappa shape index (κ2) is 9.77. The second-order valence-corrected chi connectivity index (χ2v) is 9.23. The first kappa shape index (κ1) is 22.3. The van der Waals surface area contributed by atoms with Crippen LogP contribution in [0.15, 0.2) is 67.1 Å². The van der Waals surface area contributed by atoms with Crippen LogP contribution in [-0.4, -0.2) is 39.7 Å². The molecule has 0 amide bonds. The van der Waals surface area contributed by atoms with Crippen LogP contribution >= 0.6 is 0 Å². The summed E-state index contributed by atoms with van der Waals surface area (Å²) in [5.41, 5.74) is 3.63. The lowest BCUT2D eigenvalue weighted by atomic mass is 10.0. The molecule has 5 rings (SSSR count). The topological polar surface area (TPSA) is 69.0 Å². The first-order valence-corrected chi connectivity index (χ1v) is 12.0. The summed E-state index contributed by atoms with van der Waals surface area (Å²) in [6, 6.07) is 16.1. The van der Waals surface area contributed by atoms with Crippen LogP contribution < -0.4 is 10.1 Å². The van der Waals surface area contributed by atoms with E-state index in [4.69, 9.17) is 4.74 Å². The normalized spacial score (nSPS) is 14.6. The molecule has 1 fully saturated rings. The zero-order valence-electron chi connectivity index (χ0n) is 19.7. The molecule has 0 bridgehead atoms. The molecule has 34 heavy (non-hydrogen) atoms. The number of carbonyl (C=O) groups excluding carboxylic acids is 1. The number of carbonyl (C=O) groups is 1. The molecule has 0 aliphatic carbocycles. The molecule has 2 aromatic heterocycles.